The zero-order chi connectivity index (χ0) is 9.73. The summed E-state index contributed by atoms with van der Waals surface area (Å²) in [5.74, 6) is 0. The highest BCUT2D eigenvalue weighted by Crippen LogP contribution is 2.60. The van der Waals surface area contributed by atoms with Gasteiger partial charge in [0.2, 0.25) is 0 Å². The first-order chi connectivity index (χ1) is 5.23. The second kappa shape index (κ2) is 3.41. The largest absolute Gasteiger partial charge is 0.189 e. The van der Waals surface area contributed by atoms with Gasteiger partial charge in [0.05, 0.1) is 10.1 Å². The molecule has 0 saturated carbocycles. The van der Waals surface area contributed by atoms with Gasteiger partial charge in [0.15, 0.2) is 8.67 Å². The summed E-state index contributed by atoms with van der Waals surface area (Å²) in [7, 11) is 0. The molecule has 1 rings (SSSR count). The molecule has 1 unspecified atom stereocenters. The molecule has 0 N–H and O–H groups in total. The van der Waals surface area contributed by atoms with Crippen LogP contribution in [0.3, 0.4) is 0 Å². The Hall–Kier alpha value is 1.77. The van der Waals surface area contributed by atoms with Gasteiger partial charge in [-0.15, -0.1) is 11.6 Å². The van der Waals surface area contributed by atoms with Crippen LogP contribution in [-0.2, 0) is 0 Å². The van der Waals surface area contributed by atoms with Gasteiger partial charge in [-0.2, -0.15) is 0 Å². The molecule has 0 nitrogen and oxygen atoms in total. The summed E-state index contributed by atoms with van der Waals surface area (Å²) in [5, 5.41) is -0.851. The quantitative estimate of drug-likeness (QED) is 0.572. The molecule has 1 aliphatic carbocycles. The van der Waals surface area contributed by atoms with Gasteiger partial charge in [-0.3, -0.25) is 0 Å². The van der Waals surface area contributed by atoms with Crippen LogP contribution in [0.2, 0.25) is 0 Å². The van der Waals surface area contributed by atoms with Crippen molar-refractivity contribution < 1.29 is 0 Å². The van der Waals surface area contributed by atoms with E-state index in [9.17, 15) is 0 Å². The molecular weight excluding hydrogens is 308 g/mol. The summed E-state index contributed by atoms with van der Waals surface area (Å²) in [4.78, 5) is 0. The number of rotatable bonds is 0. The van der Waals surface area contributed by atoms with E-state index >= 15 is 0 Å². The van der Waals surface area contributed by atoms with E-state index in [1.807, 2.05) is 0 Å². The lowest BCUT2D eigenvalue weighted by Gasteiger charge is -2.27. The van der Waals surface area contributed by atoms with Crippen LogP contribution < -0.4 is 0 Å². The Kier molecular flexibility index (Phi) is 3.37. The Balaban J connectivity index is 3.22. The maximum absolute atomic E-state index is 5.76. The van der Waals surface area contributed by atoms with Crippen LogP contribution >= 0.6 is 81.2 Å². The second-order valence-electron chi connectivity index (χ2n) is 2.22. The smallest absolute Gasteiger partial charge is 0.113 e. The predicted octanol–water partition coefficient (Wildman–Crippen LogP) is 4.64. The summed E-state index contributed by atoms with van der Waals surface area (Å²) in [6.45, 7) is 0. The van der Waals surface area contributed by atoms with E-state index in [1.54, 1.807) is 0 Å². The van der Waals surface area contributed by atoms with Crippen molar-refractivity contribution in [1.82, 2.24) is 0 Å². The van der Waals surface area contributed by atoms with E-state index < -0.39 is 14.0 Å². The van der Waals surface area contributed by atoms with Crippen molar-refractivity contribution in [2.45, 2.75) is 14.0 Å². The molecule has 12 heavy (non-hydrogen) atoms. The van der Waals surface area contributed by atoms with Gasteiger partial charge in [-0.25, -0.2) is 0 Å². The van der Waals surface area contributed by atoms with Crippen LogP contribution in [-0.4, -0.2) is 14.0 Å². The van der Waals surface area contributed by atoms with Gasteiger partial charge in [-0.05, 0) is 0 Å². The highest BCUT2D eigenvalue weighted by atomic mass is 35.5. The number of halogens is 7. The molecule has 0 aliphatic heterocycles. The Labute approximate surface area is 105 Å². The fraction of sp³-hybridized carbons (Fsp3) is 0.600. The maximum atomic E-state index is 5.76. The minimum Gasteiger partial charge on any atom is -0.113 e. The first-order valence-electron chi connectivity index (χ1n) is 2.68. The van der Waals surface area contributed by atoms with E-state index in [0.717, 1.165) is 0 Å². The SMILES string of the molecule is ClC1=C(Cl)C(Cl)(Cl)C(Cl)(Cl)C1Cl. The number of alkyl halides is 5. The van der Waals surface area contributed by atoms with Crippen LogP contribution in [0.1, 0.15) is 0 Å². The molecule has 0 fully saturated rings. The van der Waals surface area contributed by atoms with E-state index in [-0.39, 0.29) is 10.1 Å². The molecule has 0 heterocycles. The van der Waals surface area contributed by atoms with Gasteiger partial charge >= 0.3 is 0 Å². The van der Waals surface area contributed by atoms with Gasteiger partial charge in [-0.1, -0.05) is 69.6 Å². The van der Waals surface area contributed by atoms with Crippen LogP contribution in [0.4, 0.5) is 0 Å². The predicted molar refractivity (Wildman–Crippen MR) is 57.2 cm³/mol. The molecule has 0 amide bonds. The lowest BCUT2D eigenvalue weighted by atomic mass is 10.3. The van der Waals surface area contributed by atoms with E-state index in [2.05, 4.69) is 0 Å². The van der Waals surface area contributed by atoms with Crippen molar-refractivity contribution in [2.24, 2.45) is 0 Å². The van der Waals surface area contributed by atoms with Crippen molar-refractivity contribution >= 4 is 81.2 Å². The van der Waals surface area contributed by atoms with Gasteiger partial charge in [0.1, 0.15) is 5.38 Å². The Morgan fingerprint density at radius 3 is 1.50 bits per heavy atom. The normalized spacial score (nSPS) is 32.8. The van der Waals surface area contributed by atoms with Crippen molar-refractivity contribution in [3.8, 4) is 0 Å². The molecule has 0 aromatic heterocycles. The van der Waals surface area contributed by atoms with Crippen LogP contribution in [0.15, 0.2) is 10.1 Å². The summed E-state index contributed by atoms with van der Waals surface area (Å²) >= 11 is 40.1. The molecule has 1 aliphatic rings. The summed E-state index contributed by atoms with van der Waals surface area (Å²) in [5.41, 5.74) is 0. The Morgan fingerprint density at radius 1 is 1.00 bits per heavy atom. The standard InChI is InChI=1S/C5HCl7/c6-1-2(7)4(9,10)5(11,12)3(1)8/h2H. The Bertz CT molecular complexity index is 240. The van der Waals surface area contributed by atoms with Crippen LogP contribution in [0.5, 0.6) is 0 Å². The fourth-order valence-electron chi connectivity index (χ4n) is 0.726. The van der Waals surface area contributed by atoms with E-state index in [4.69, 9.17) is 81.2 Å². The van der Waals surface area contributed by atoms with Gasteiger partial charge in [0.25, 0.3) is 0 Å². The molecule has 70 valence electrons. The molecular formula is C5HCl7. The summed E-state index contributed by atoms with van der Waals surface area (Å²) in [6, 6.07) is 0. The summed E-state index contributed by atoms with van der Waals surface area (Å²) < 4.78 is -3.26. The first-order valence-corrected chi connectivity index (χ1v) is 5.38. The zero-order valence-corrected chi connectivity index (χ0v) is 10.5. The Morgan fingerprint density at radius 2 is 1.42 bits per heavy atom. The van der Waals surface area contributed by atoms with Gasteiger partial charge < -0.3 is 0 Å². The number of hydrogen-bond acceptors (Lipinski definition) is 0. The molecule has 1 atom stereocenters. The summed E-state index contributed by atoms with van der Waals surface area (Å²) in [6.07, 6.45) is 0. The molecule has 0 saturated heterocycles. The van der Waals surface area contributed by atoms with Crippen LogP contribution in [0, 0.1) is 0 Å². The molecule has 0 radical (unpaired) electrons. The monoisotopic (exact) mass is 306 g/mol. The third-order valence-corrected chi connectivity index (χ3v) is 5.87. The molecule has 7 heteroatoms. The number of allylic oxidation sites excluding steroid dienone is 2. The average Bonchev–Trinajstić information content (AvgIpc) is 2.05. The zero-order valence-electron chi connectivity index (χ0n) is 5.22. The minimum atomic E-state index is -1.65. The molecule has 0 spiro atoms. The van der Waals surface area contributed by atoms with Gasteiger partial charge in [0, 0.05) is 0 Å². The molecule has 0 bridgehead atoms. The third-order valence-electron chi connectivity index (χ3n) is 1.44. The molecule has 0 aromatic carbocycles. The molecule has 0 aromatic rings. The maximum Gasteiger partial charge on any atom is 0.189 e. The minimum absolute atomic E-state index is 0.0301. The fourth-order valence-corrected chi connectivity index (χ4v) is 2.86. The third kappa shape index (κ3) is 1.44. The van der Waals surface area contributed by atoms with Crippen molar-refractivity contribution in [1.29, 1.82) is 0 Å². The second-order valence-corrected chi connectivity index (χ2v) is 6.16. The van der Waals surface area contributed by atoms with E-state index in [0.29, 0.717) is 0 Å². The van der Waals surface area contributed by atoms with Crippen molar-refractivity contribution in [3.05, 3.63) is 10.1 Å². The lowest BCUT2D eigenvalue weighted by Crippen LogP contribution is -2.38. The highest BCUT2D eigenvalue weighted by molar-refractivity contribution is 6.71. The van der Waals surface area contributed by atoms with Crippen molar-refractivity contribution in [3.63, 3.8) is 0 Å². The first kappa shape index (κ1) is 11.8. The van der Waals surface area contributed by atoms with Crippen LogP contribution in [0.25, 0.3) is 0 Å². The topological polar surface area (TPSA) is 0 Å². The van der Waals surface area contributed by atoms with E-state index in [1.165, 1.54) is 0 Å². The highest BCUT2D eigenvalue weighted by Gasteiger charge is 2.61. The number of hydrogen-bond donors (Lipinski definition) is 0. The van der Waals surface area contributed by atoms with Crippen molar-refractivity contribution in [2.75, 3.05) is 0 Å². The lowest BCUT2D eigenvalue weighted by molar-refractivity contribution is 0.807. The average molecular weight is 309 g/mol.